The Kier molecular flexibility index (Phi) is 3.54. The molecule has 0 radical (unpaired) electrons. The Bertz CT molecular complexity index is 303. The summed E-state index contributed by atoms with van der Waals surface area (Å²) in [5.41, 5.74) is 0. The summed E-state index contributed by atoms with van der Waals surface area (Å²) in [5, 5.41) is 0.491. The molecule has 1 unspecified atom stereocenters. The SMILES string of the molecule is CSC1=NS(=O)N(C(C)C)C(=O)N1C. The Balaban J connectivity index is 3.03. The summed E-state index contributed by atoms with van der Waals surface area (Å²) in [6, 6.07) is -0.379. The molecule has 0 spiro atoms. The molecule has 0 aromatic carbocycles. The highest BCUT2D eigenvalue weighted by Gasteiger charge is 2.33. The minimum atomic E-state index is -1.58. The monoisotopic (exact) mass is 235 g/mol. The lowest BCUT2D eigenvalue weighted by Crippen LogP contribution is -2.50. The summed E-state index contributed by atoms with van der Waals surface area (Å²) in [6.45, 7) is 3.62. The fourth-order valence-corrected chi connectivity index (χ4v) is 2.85. The van der Waals surface area contributed by atoms with Crippen molar-refractivity contribution in [2.24, 2.45) is 4.40 Å². The van der Waals surface area contributed by atoms with E-state index in [2.05, 4.69) is 4.40 Å². The number of hydrogen-bond acceptors (Lipinski definition) is 3. The van der Waals surface area contributed by atoms with Gasteiger partial charge in [0.15, 0.2) is 5.17 Å². The normalized spacial score (nSPS) is 23.1. The van der Waals surface area contributed by atoms with Crippen molar-refractivity contribution in [1.29, 1.82) is 0 Å². The first-order valence-corrected chi connectivity index (χ1v) is 6.39. The third kappa shape index (κ3) is 1.93. The summed E-state index contributed by atoms with van der Waals surface area (Å²) < 4.78 is 16.7. The van der Waals surface area contributed by atoms with Crippen LogP contribution in [-0.4, -0.2) is 44.0 Å². The minimum absolute atomic E-state index is 0.113. The van der Waals surface area contributed by atoms with Crippen LogP contribution >= 0.6 is 11.8 Å². The Labute approximate surface area is 90.3 Å². The van der Waals surface area contributed by atoms with Crippen LogP contribution in [0.5, 0.6) is 0 Å². The summed E-state index contributed by atoms with van der Waals surface area (Å²) in [7, 11) is 1.63. The van der Waals surface area contributed by atoms with Crippen LogP contribution in [0.4, 0.5) is 4.79 Å². The molecule has 0 aromatic rings. The smallest absolute Gasteiger partial charge is 0.275 e. The maximum absolute atomic E-state index is 11.7. The number of amidine groups is 1. The van der Waals surface area contributed by atoms with Crippen molar-refractivity contribution in [3.8, 4) is 0 Å². The van der Waals surface area contributed by atoms with Gasteiger partial charge >= 0.3 is 6.03 Å². The van der Waals surface area contributed by atoms with Crippen LogP contribution in [0.25, 0.3) is 0 Å². The number of hydrogen-bond donors (Lipinski definition) is 0. The Morgan fingerprint density at radius 3 is 2.50 bits per heavy atom. The fourth-order valence-electron chi connectivity index (χ4n) is 1.04. The second-order valence-corrected chi connectivity index (χ2v) is 4.88. The van der Waals surface area contributed by atoms with Gasteiger partial charge in [-0.2, -0.15) is 0 Å². The lowest BCUT2D eigenvalue weighted by Gasteiger charge is -2.32. The van der Waals surface area contributed by atoms with Crippen LogP contribution in [0.3, 0.4) is 0 Å². The summed E-state index contributed by atoms with van der Waals surface area (Å²) in [5.74, 6) is 0. The molecule has 2 amide bonds. The fraction of sp³-hybridized carbons (Fsp3) is 0.714. The quantitative estimate of drug-likeness (QED) is 0.683. The molecule has 0 saturated heterocycles. The van der Waals surface area contributed by atoms with Crippen molar-refractivity contribution in [2.45, 2.75) is 19.9 Å². The highest BCUT2D eigenvalue weighted by molar-refractivity contribution is 8.13. The first kappa shape index (κ1) is 11.5. The van der Waals surface area contributed by atoms with E-state index in [4.69, 9.17) is 0 Å². The maximum atomic E-state index is 11.7. The van der Waals surface area contributed by atoms with Gasteiger partial charge in [-0.15, -0.1) is 4.40 Å². The molecule has 1 aliphatic heterocycles. The predicted molar refractivity (Wildman–Crippen MR) is 59.2 cm³/mol. The van der Waals surface area contributed by atoms with Gasteiger partial charge in [-0.05, 0) is 20.1 Å². The lowest BCUT2D eigenvalue weighted by molar-refractivity contribution is 0.201. The number of carbonyl (C=O) groups is 1. The second-order valence-electron chi connectivity index (χ2n) is 3.07. The molecule has 0 aliphatic carbocycles. The van der Waals surface area contributed by atoms with Crippen LogP contribution < -0.4 is 0 Å². The van der Waals surface area contributed by atoms with E-state index in [1.54, 1.807) is 13.3 Å². The first-order chi connectivity index (χ1) is 6.49. The highest BCUT2D eigenvalue weighted by atomic mass is 32.2. The van der Waals surface area contributed by atoms with E-state index in [-0.39, 0.29) is 12.1 Å². The van der Waals surface area contributed by atoms with Gasteiger partial charge < -0.3 is 0 Å². The zero-order valence-corrected chi connectivity index (χ0v) is 10.2. The third-order valence-corrected chi connectivity index (χ3v) is 3.83. The van der Waals surface area contributed by atoms with Gasteiger partial charge in [-0.1, -0.05) is 11.8 Å². The van der Waals surface area contributed by atoms with E-state index in [1.165, 1.54) is 21.0 Å². The minimum Gasteiger partial charge on any atom is -0.275 e. The van der Waals surface area contributed by atoms with Crippen molar-refractivity contribution in [1.82, 2.24) is 9.21 Å². The topological polar surface area (TPSA) is 53.0 Å². The Hall–Kier alpha value is -0.560. The lowest BCUT2D eigenvalue weighted by atomic mass is 10.4. The zero-order valence-electron chi connectivity index (χ0n) is 8.55. The molecular weight excluding hydrogens is 222 g/mol. The average molecular weight is 235 g/mol. The van der Waals surface area contributed by atoms with Crippen LogP contribution in [0.2, 0.25) is 0 Å². The molecule has 5 nitrogen and oxygen atoms in total. The number of rotatable bonds is 1. The Morgan fingerprint density at radius 2 is 2.07 bits per heavy atom. The van der Waals surface area contributed by atoms with Crippen molar-refractivity contribution in [3.05, 3.63) is 0 Å². The first-order valence-electron chi connectivity index (χ1n) is 4.10. The van der Waals surface area contributed by atoms with Gasteiger partial charge in [0.1, 0.15) is 0 Å². The number of nitrogens with zero attached hydrogens (tertiary/aromatic N) is 3. The molecule has 14 heavy (non-hydrogen) atoms. The van der Waals surface area contributed by atoms with Gasteiger partial charge in [-0.25, -0.2) is 13.3 Å². The predicted octanol–water partition coefficient (Wildman–Crippen LogP) is 1.06. The summed E-state index contributed by atoms with van der Waals surface area (Å²) in [4.78, 5) is 13.1. The molecular formula is C7H13N3O2S2. The summed E-state index contributed by atoms with van der Waals surface area (Å²) in [6.07, 6.45) is 1.80. The number of amides is 2. The van der Waals surface area contributed by atoms with E-state index in [0.717, 1.165) is 0 Å². The van der Waals surface area contributed by atoms with Crippen LogP contribution in [0.1, 0.15) is 13.8 Å². The second kappa shape index (κ2) is 4.31. The average Bonchev–Trinajstić information content (AvgIpc) is 2.10. The highest BCUT2D eigenvalue weighted by Crippen LogP contribution is 2.18. The number of urea groups is 1. The summed E-state index contributed by atoms with van der Waals surface area (Å²) >= 11 is -0.269. The molecule has 80 valence electrons. The van der Waals surface area contributed by atoms with Crippen molar-refractivity contribution < 1.29 is 9.00 Å². The van der Waals surface area contributed by atoms with E-state index in [9.17, 15) is 9.00 Å². The number of carbonyl (C=O) groups excluding carboxylic acids is 1. The molecule has 1 aliphatic rings. The van der Waals surface area contributed by atoms with E-state index < -0.39 is 11.2 Å². The molecule has 0 N–H and O–H groups in total. The van der Waals surface area contributed by atoms with Crippen molar-refractivity contribution in [2.75, 3.05) is 13.3 Å². The molecule has 0 saturated carbocycles. The van der Waals surface area contributed by atoms with E-state index in [0.29, 0.717) is 5.17 Å². The Morgan fingerprint density at radius 1 is 1.50 bits per heavy atom. The molecule has 1 atom stereocenters. The van der Waals surface area contributed by atoms with Crippen molar-refractivity contribution in [3.63, 3.8) is 0 Å². The van der Waals surface area contributed by atoms with E-state index in [1.807, 2.05) is 13.8 Å². The van der Waals surface area contributed by atoms with Gasteiger partial charge in [0.25, 0.3) is 11.2 Å². The standard InChI is InChI=1S/C7H13N3O2S2/c1-5(2)10-7(11)9(3)6(13-4)8-14(10)12/h5H,1-4H3. The molecule has 7 heteroatoms. The van der Waals surface area contributed by atoms with Gasteiger partial charge in [0.05, 0.1) is 0 Å². The van der Waals surface area contributed by atoms with E-state index >= 15 is 0 Å². The zero-order chi connectivity index (χ0) is 10.9. The van der Waals surface area contributed by atoms with Gasteiger partial charge in [0, 0.05) is 13.1 Å². The van der Waals surface area contributed by atoms with Crippen LogP contribution in [0, 0.1) is 0 Å². The van der Waals surface area contributed by atoms with Gasteiger partial charge in [-0.3, -0.25) is 4.90 Å². The maximum Gasteiger partial charge on any atom is 0.339 e. The molecule has 0 fully saturated rings. The van der Waals surface area contributed by atoms with Crippen LogP contribution in [-0.2, 0) is 11.2 Å². The molecule has 0 bridgehead atoms. The van der Waals surface area contributed by atoms with Crippen LogP contribution in [0.15, 0.2) is 4.40 Å². The molecule has 0 aromatic heterocycles. The van der Waals surface area contributed by atoms with Crippen molar-refractivity contribution >= 4 is 34.1 Å². The molecule has 1 heterocycles. The van der Waals surface area contributed by atoms with Gasteiger partial charge in [0.2, 0.25) is 0 Å². The number of thioether (sulfide) groups is 1. The third-order valence-electron chi connectivity index (χ3n) is 1.74. The molecule has 1 rings (SSSR count). The largest absolute Gasteiger partial charge is 0.339 e.